The first-order valence-corrected chi connectivity index (χ1v) is 9.97. The van der Waals surface area contributed by atoms with Crippen LogP contribution in [0.2, 0.25) is 0 Å². The van der Waals surface area contributed by atoms with E-state index in [-0.39, 0.29) is 0 Å². The van der Waals surface area contributed by atoms with Gasteiger partial charge in [-0.15, -0.1) is 11.3 Å². The molecule has 0 aromatic carbocycles. The number of hydrogen-bond acceptors (Lipinski definition) is 4. The highest BCUT2D eigenvalue weighted by atomic mass is 32.2. The first-order valence-electron chi connectivity index (χ1n) is 7.61. The summed E-state index contributed by atoms with van der Waals surface area (Å²) in [7, 11) is -3.41. The molecule has 0 radical (unpaired) electrons. The van der Waals surface area contributed by atoms with Crippen molar-refractivity contribution >= 4 is 21.4 Å². The molecule has 2 N–H and O–H groups in total. The zero-order valence-electron chi connectivity index (χ0n) is 13.3. The highest BCUT2D eigenvalue weighted by Gasteiger charge is 2.26. The summed E-state index contributed by atoms with van der Waals surface area (Å²) >= 11 is 1.53. The molecule has 1 unspecified atom stereocenters. The Kier molecular flexibility index (Phi) is 5.46. The van der Waals surface area contributed by atoms with Gasteiger partial charge < -0.3 is 5.32 Å². The molecule has 0 saturated heterocycles. The fourth-order valence-corrected chi connectivity index (χ4v) is 4.94. The largest absolute Gasteiger partial charge is 0.309 e. The van der Waals surface area contributed by atoms with Crippen LogP contribution in [0.25, 0.3) is 0 Å². The van der Waals surface area contributed by atoms with Crippen molar-refractivity contribution in [2.24, 2.45) is 11.8 Å². The van der Waals surface area contributed by atoms with Crippen LogP contribution in [0.1, 0.15) is 44.1 Å². The minimum absolute atomic E-state index is 0.326. The van der Waals surface area contributed by atoms with Gasteiger partial charge in [0.1, 0.15) is 4.90 Å². The number of rotatable bonds is 8. The zero-order valence-corrected chi connectivity index (χ0v) is 14.9. The molecule has 0 spiro atoms. The third-order valence-electron chi connectivity index (χ3n) is 4.12. The molecule has 1 atom stereocenters. The lowest BCUT2D eigenvalue weighted by Crippen LogP contribution is -2.31. The van der Waals surface area contributed by atoms with E-state index in [2.05, 4.69) is 30.8 Å². The van der Waals surface area contributed by atoms with Gasteiger partial charge in [-0.1, -0.05) is 20.8 Å². The first-order chi connectivity index (χ1) is 9.81. The molecule has 1 aliphatic rings. The topological polar surface area (TPSA) is 58.2 Å². The monoisotopic (exact) mass is 330 g/mol. The summed E-state index contributed by atoms with van der Waals surface area (Å²) < 4.78 is 28.0. The van der Waals surface area contributed by atoms with Crippen LogP contribution < -0.4 is 10.0 Å². The smallest absolute Gasteiger partial charge is 0.241 e. The van der Waals surface area contributed by atoms with Crippen molar-refractivity contribution in [2.75, 3.05) is 6.54 Å². The number of hydrogen-bond donors (Lipinski definition) is 2. The van der Waals surface area contributed by atoms with Crippen LogP contribution >= 0.6 is 11.3 Å². The van der Waals surface area contributed by atoms with E-state index in [1.807, 2.05) is 12.3 Å². The highest BCUT2D eigenvalue weighted by Crippen LogP contribution is 2.28. The average molecular weight is 331 g/mol. The maximum absolute atomic E-state index is 12.6. The lowest BCUT2D eigenvalue weighted by Gasteiger charge is -2.17. The Balaban J connectivity index is 2.08. The maximum Gasteiger partial charge on any atom is 0.241 e. The second-order valence-electron chi connectivity index (χ2n) is 6.40. The molecular formula is C15H26N2O2S2. The lowest BCUT2D eigenvalue weighted by molar-refractivity contribution is 0.414. The molecule has 1 fully saturated rings. The van der Waals surface area contributed by atoms with Gasteiger partial charge in [0.2, 0.25) is 10.0 Å². The molecule has 1 aromatic rings. The first kappa shape index (κ1) is 16.9. The Bertz CT molecular complexity index is 574. The molecule has 1 aromatic heterocycles. The number of nitrogens with one attached hydrogen (secondary N) is 2. The van der Waals surface area contributed by atoms with Crippen molar-refractivity contribution < 1.29 is 8.42 Å². The van der Waals surface area contributed by atoms with E-state index >= 15 is 0 Å². The number of aryl methyl sites for hydroxylation is 1. The third-order valence-corrected chi connectivity index (χ3v) is 7.01. The Morgan fingerprint density at radius 3 is 2.57 bits per heavy atom. The summed E-state index contributed by atoms with van der Waals surface area (Å²) in [4.78, 5) is 1.40. The van der Waals surface area contributed by atoms with Gasteiger partial charge in [0.25, 0.3) is 0 Å². The van der Waals surface area contributed by atoms with E-state index in [9.17, 15) is 8.42 Å². The van der Waals surface area contributed by atoms with Gasteiger partial charge in [0.05, 0.1) is 0 Å². The van der Waals surface area contributed by atoms with Gasteiger partial charge in [0, 0.05) is 24.0 Å². The minimum Gasteiger partial charge on any atom is -0.309 e. The fourth-order valence-electron chi connectivity index (χ4n) is 2.04. The molecule has 6 heteroatoms. The molecule has 1 aliphatic carbocycles. The van der Waals surface area contributed by atoms with Crippen molar-refractivity contribution in [1.82, 2.24) is 10.0 Å². The van der Waals surface area contributed by atoms with E-state index in [1.54, 1.807) is 0 Å². The summed E-state index contributed by atoms with van der Waals surface area (Å²) in [6, 6.07) is 0.580. The Morgan fingerprint density at radius 2 is 2.00 bits per heavy atom. The molecule has 2 rings (SSSR count). The molecule has 120 valence electrons. The summed E-state index contributed by atoms with van der Waals surface area (Å²) in [6.45, 7) is 9.31. The van der Waals surface area contributed by atoms with Crippen molar-refractivity contribution in [1.29, 1.82) is 0 Å². The third kappa shape index (κ3) is 4.52. The molecule has 0 bridgehead atoms. The molecule has 0 aliphatic heterocycles. The van der Waals surface area contributed by atoms with E-state index in [4.69, 9.17) is 0 Å². The summed E-state index contributed by atoms with van der Waals surface area (Å²) in [5.74, 6) is 0.791. The SMILES string of the molecule is Cc1csc(CNC2CC2)c1S(=O)(=O)NCC(C)C(C)C. The van der Waals surface area contributed by atoms with Crippen LogP contribution in [-0.4, -0.2) is 21.0 Å². The number of sulfonamides is 1. The van der Waals surface area contributed by atoms with Gasteiger partial charge in [-0.3, -0.25) is 0 Å². The minimum atomic E-state index is -3.41. The molecule has 0 amide bonds. The van der Waals surface area contributed by atoms with Gasteiger partial charge in [-0.05, 0) is 42.5 Å². The normalized spacial score (nSPS) is 17.4. The predicted molar refractivity (Wildman–Crippen MR) is 88.1 cm³/mol. The summed E-state index contributed by atoms with van der Waals surface area (Å²) in [5.41, 5.74) is 0.845. The van der Waals surface area contributed by atoms with E-state index in [0.29, 0.717) is 35.9 Å². The van der Waals surface area contributed by atoms with Crippen LogP contribution in [0.5, 0.6) is 0 Å². The molecular weight excluding hydrogens is 304 g/mol. The molecule has 1 saturated carbocycles. The lowest BCUT2D eigenvalue weighted by atomic mass is 9.99. The van der Waals surface area contributed by atoms with Gasteiger partial charge in [0.15, 0.2) is 0 Å². The van der Waals surface area contributed by atoms with Crippen LogP contribution in [0.15, 0.2) is 10.3 Å². The standard InChI is InChI=1S/C15H26N2O2S2/c1-10(2)11(3)7-17-21(18,19)15-12(4)9-20-14(15)8-16-13-5-6-13/h9-11,13,16-17H,5-8H2,1-4H3. The second-order valence-corrected chi connectivity index (χ2v) is 9.07. The van der Waals surface area contributed by atoms with Crippen LogP contribution in [0.4, 0.5) is 0 Å². The van der Waals surface area contributed by atoms with Gasteiger partial charge in [-0.25, -0.2) is 13.1 Å². The second kappa shape index (κ2) is 6.77. The van der Waals surface area contributed by atoms with Gasteiger partial charge in [-0.2, -0.15) is 0 Å². The predicted octanol–water partition coefficient (Wildman–Crippen LogP) is 2.88. The van der Waals surface area contributed by atoms with Crippen molar-refractivity contribution in [3.8, 4) is 0 Å². The molecule has 4 nitrogen and oxygen atoms in total. The van der Waals surface area contributed by atoms with Crippen molar-refractivity contribution in [3.63, 3.8) is 0 Å². The van der Waals surface area contributed by atoms with E-state index in [0.717, 1.165) is 10.4 Å². The Morgan fingerprint density at radius 1 is 1.33 bits per heavy atom. The van der Waals surface area contributed by atoms with Crippen LogP contribution in [0.3, 0.4) is 0 Å². The molecule has 21 heavy (non-hydrogen) atoms. The number of thiophene rings is 1. The van der Waals surface area contributed by atoms with E-state index in [1.165, 1.54) is 24.2 Å². The Hall–Kier alpha value is -0.430. The van der Waals surface area contributed by atoms with E-state index < -0.39 is 10.0 Å². The van der Waals surface area contributed by atoms with Gasteiger partial charge >= 0.3 is 0 Å². The summed E-state index contributed by atoms with van der Waals surface area (Å²) in [6.07, 6.45) is 2.41. The zero-order chi connectivity index (χ0) is 15.6. The Labute approximate surface area is 132 Å². The average Bonchev–Trinajstić information content (AvgIpc) is 3.16. The fraction of sp³-hybridized carbons (Fsp3) is 0.733. The van der Waals surface area contributed by atoms with Crippen LogP contribution in [-0.2, 0) is 16.6 Å². The quantitative estimate of drug-likeness (QED) is 0.770. The van der Waals surface area contributed by atoms with Crippen molar-refractivity contribution in [2.45, 2.75) is 58.0 Å². The highest BCUT2D eigenvalue weighted by molar-refractivity contribution is 7.89. The maximum atomic E-state index is 12.6. The van der Waals surface area contributed by atoms with Crippen LogP contribution in [0, 0.1) is 18.8 Å². The summed E-state index contributed by atoms with van der Waals surface area (Å²) in [5, 5.41) is 5.33. The van der Waals surface area contributed by atoms with Crippen molar-refractivity contribution in [3.05, 3.63) is 15.8 Å². The molecule has 1 heterocycles.